The van der Waals surface area contributed by atoms with E-state index in [9.17, 15) is 20.1 Å². The van der Waals surface area contributed by atoms with Crippen molar-refractivity contribution in [3.63, 3.8) is 0 Å². The summed E-state index contributed by atoms with van der Waals surface area (Å²) in [6, 6.07) is 0. The fourth-order valence-corrected chi connectivity index (χ4v) is 7.29. The predicted molar refractivity (Wildman–Crippen MR) is 94.9 cm³/mol. The van der Waals surface area contributed by atoms with Crippen LogP contribution in [0.2, 0.25) is 0 Å². The van der Waals surface area contributed by atoms with Gasteiger partial charge in [-0.25, -0.2) is 0 Å². The molecule has 0 aromatic heterocycles. The molecule has 0 amide bonds. The van der Waals surface area contributed by atoms with Crippen LogP contribution in [0.1, 0.15) is 71.6 Å². The van der Waals surface area contributed by atoms with Crippen molar-refractivity contribution in [3.05, 3.63) is 11.6 Å². The van der Waals surface area contributed by atoms with Crippen LogP contribution in [0.25, 0.3) is 0 Å². The van der Waals surface area contributed by atoms with Gasteiger partial charge in [-0.2, -0.15) is 0 Å². The molecule has 3 fully saturated rings. The number of rotatable bonds is 2. The maximum Gasteiger partial charge on any atom is 0.306 e. The highest BCUT2D eigenvalue weighted by molar-refractivity contribution is 5.68. The molecule has 4 rings (SSSR count). The quantitative estimate of drug-likeness (QED) is 0.667. The lowest BCUT2D eigenvalue weighted by Crippen LogP contribution is -2.55. The SMILES string of the molecule is C[C@]12CC[C@H](O)CC1=CC[C@@H]1[C@@H]2CC[C@@]2(C)[C@H]1CC[C@]2(O)CC(=O)O. The number of carboxylic acid groups (broad SMARTS) is 1. The molecule has 25 heavy (non-hydrogen) atoms. The van der Waals surface area contributed by atoms with Gasteiger partial charge in [0.05, 0.1) is 18.1 Å². The monoisotopic (exact) mass is 348 g/mol. The highest BCUT2D eigenvalue weighted by Crippen LogP contribution is 2.67. The first-order valence-electron chi connectivity index (χ1n) is 10.0. The predicted octanol–water partition coefficient (Wildman–Crippen LogP) is 3.52. The summed E-state index contributed by atoms with van der Waals surface area (Å²) in [5.74, 6) is 0.693. The van der Waals surface area contributed by atoms with Crippen molar-refractivity contribution in [2.75, 3.05) is 0 Å². The first-order valence-corrected chi connectivity index (χ1v) is 10.0. The van der Waals surface area contributed by atoms with Crippen molar-refractivity contribution in [3.8, 4) is 0 Å². The third-order valence-corrected chi connectivity index (χ3v) is 8.84. The molecule has 0 bridgehead atoms. The summed E-state index contributed by atoms with van der Waals surface area (Å²) in [5, 5.41) is 30.6. The standard InChI is InChI=1S/C21H32O4/c1-19-8-5-14(22)11-13(19)3-4-15-16(19)6-9-20(2)17(15)7-10-21(20,25)12-18(23)24/h3,14-17,22,25H,4-12H2,1-2H3,(H,23,24)/t14-,15+,16-,17-,19-,20-,21-/m0/s1. The van der Waals surface area contributed by atoms with Crippen molar-refractivity contribution in [2.45, 2.75) is 83.3 Å². The fraction of sp³-hybridized carbons (Fsp3) is 0.857. The molecule has 0 radical (unpaired) electrons. The summed E-state index contributed by atoms with van der Waals surface area (Å²) in [4.78, 5) is 11.3. The lowest BCUT2D eigenvalue weighted by Gasteiger charge is -2.59. The van der Waals surface area contributed by atoms with E-state index in [0.29, 0.717) is 24.2 Å². The highest BCUT2D eigenvalue weighted by atomic mass is 16.4. The molecular weight excluding hydrogens is 316 g/mol. The Morgan fingerprint density at radius 3 is 2.60 bits per heavy atom. The van der Waals surface area contributed by atoms with E-state index in [-0.39, 0.29) is 23.4 Å². The summed E-state index contributed by atoms with van der Waals surface area (Å²) in [5.41, 5.74) is 0.316. The maximum atomic E-state index is 11.3. The van der Waals surface area contributed by atoms with Gasteiger partial charge in [0, 0.05) is 0 Å². The Hall–Kier alpha value is -0.870. The number of carboxylic acids is 1. The average molecular weight is 348 g/mol. The Labute approximate surface area is 150 Å². The van der Waals surface area contributed by atoms with Crippen LogP contribution in [0.3, 0.4) is 0 Å². The van der Waals surface area contributed by atoms with Crippen LogP contribution in [0.4, 0.5) is 0 Å². The van der Waals surface area contributed by atoms with Gasteiger partial charge < -0.3 is 15.3 Å². The third kappa shape index (κ3) is 2.36. The molecule has 0 heterocycles. The summed E-state index contributed by atoms with van der Waals surface area (Å²) >= 11 is 0. The smallest absolute Gasteiger partial charge is 0.306 e. The van der Waals surface area contributed by atoms with Crippen LogP contribution >= 0.6 is 0 Å². The lowest BCUT2D eigenvalue weighted by atomic mass is 9.47. The average Bonchev–Trinajstić information content (AvgIpc) is 2.79. The first-order chi connectivity index (χ1) is 11.7. The van der Waals surface area contributed by atoms with Gasteiger partial charge in [-0.05, 0) is 80.0 Å². The first kappa shape index (κ1) is 17.5. The normalized spacial score (nSPS) is 51.9. The van der Waals surface area contributed by atoms with Crippen LogP contribution in [-0.2, 0) is 4.79 Å². The zero-order chi connectivity index (χ0) is 18.0. The van der Waals surface area contributed by atoms with E-state index in [1.807, 2.05) is 0 Å². The largest absolute Gasteiger partial charge is 0.481 e. The van der Waals surface area contributed by atoms with Crippen molar-refractivity contribution in [1.82, 2.24) is 0 Å². The Morgan fingerprint density at radius 2 is 1.88 bits per heavy atom. The molecule has 140 valence electrons. The van der Waals surface area contributed by atoms with E-state index in [1.165, 1.54) is 5.57 Å². The van der Waals surface area contributed by atoms with E-state index in [2.05, 4.69) is 19.9 Å². The van der Waals surface area contributed by atoms with Gasteiger partial charge in [-0.15, -0.1) is 0 Å². The van der Waals surface area contributed by atoms with E-state index in [1.54, 1.807) is 0 Å². The second-order valence-corrected chi connectivity index (χ2v) is 9.75. The van der Waals surface area contributed by atoms with Crippen LogP contribution in [0.5, 0.6) is 0 Å². The molecule has 7 atom stereocenters. The number of aliphatic carboxylic acids is 1. The molecule has 0 spiro atoms. The highest BCUT2D eigenvalue weighted by Gasteiger charge is 2.63. The van der Waals surface area contributed by atoms with Crippen molar-refractivity contribution in [2.24, 2.45) is 28.6 Å². The van der Waals surface area contributed by atoms with E-state index < -0.39 is 11.6 Å². The molecule has 0 unspecified atom stereocenters. The van der Waals surface area contributed by atoms with Gasteiger partial charge in [0.25, 0.3) is 0 Å². The van der Waals surface area contributed by atoms with Gasteiger partial charge >= 0.3 is 5.97 Å². The molecule has 4 heteroatoms. The molecule has 0 saturated heterocycles. The van der Waals surface area contributed by atoms with Crippen LogP contribution in [0, 0.1) is 28.6 Å². The number of aliphatic hydroxyl groups excluding tert-OH is 1. The molecule has 4 aliphatic carbocycles. The number of aliphatic hydroxyl groups is 2. The zero-order valence-electron chi connectivity index (χ0n) is 15.5. The summed E-state index contributed by atoms with van der Waals surface area (Å²) in [6.45, 7) is 4.54. The molecule has 0 aromatic carbocycles. The number of fused-ring (bicyclic) bond motifs is 5. The van der Waals surface area contributed by atoms with Crippen molar-refractivity contribution < 1.29 is 20.1 Å². The summed E-state index contributed by atoms with van der Waals surface area (Å²) in [7, 11) is 0. The number of hydrogen-bond acceptors (Lipinski definition) is 3. The van der Waals surface area contributed by atoms with Gasteiger partial charge in [-0.3, -0.25) is 4.79 Å². The lowest BCUT2D eigenvalue weighted by molar-refractivity contribution is -0.157. The van der Waals surface area contributed by atoms with Gasteiger partial charge in [0.1, 0.15) is 0 Å². The molecule has 0 aliphatic heterocycles. The number of allylic oxidation sites excluding steroid dienone is 1. The van der Waals surface area contributed by atoms with Crippen molar-refractivity contribution in [1.29, 1.82) is 0 Å². The topological polar surface area (TPSA) is 77.8 Å². The Morgan fingerprint density at radius 1 is 1.16 bits per heavy atom. The zero-order valence-corrected chi connectivity index (χ0v) is 15.5. The minimum absolute atomic E-state index is 0.123. The van der Waals surface area contributed by atoms with Crippen LogP contribution < -0.4 is 0 Å². The second kappa shape index (κ2) is 5.56. The molecule has 4 aliphatic rings. The fourth-order valence-electron chi connectivity index (χ4n) is 7.29. The van der Waals surface area contributed by atoms with Gasteiger partial charge in [0.2, 0.25) is 0 Å². The minimum atomic E-state index is -1.05. The summed E-state index contributed by atoms with van der Waals surface area (Å²) in [6.07, 6.45) is 9.45. The van der Waals surface area contributed by atoms with E-state index in [0.717, 1.165) is 44.9 Å². The molecule has 3 saturated carbocycles. The minimum Gasteiger partial charge on any atom is -0.481 e. The van der Waals surface area contributed by atoms with Crippen LogP contribution in [-0.4, -0.2) is 33.0 Å². The van der Waals surface area contributed by atoms with Crippen molar-refractivity contribution >= 4 is 5.97 Å². The van der Waals surface area contributed by atoms with Crippen LogP contribution in [0.15, 0.2) is 11.6 Å². The summed E-state index contributed by atoms with van der Waals surface area (Å²) < 4.78 is 0. The van der Waals surface area contributed by atoms with Gasteiger partial charge in [-0.1, -0.05) is 25.5 Å². The second-order valence-electron chi connectivity index (χ2n) is 9.75. The van der Waals surface area contributed by atoms with Gasteiger partial charge in [0.15, 0.2) is 0 Å². The number of carbonyl (C=O) groups is 1. The number of hydrogen-bond donors (Lipinski definition) is 3. The Balaban J connectivity index is 1.65. The van der Waals surface area contributed by atoms with E-state index in [4.69, 9.17) is 0 Å². The Bertz CT molecular complexity index is 613. The molecule has 4 nitrogen and oxygen atoms in total. The Kier molecular flexibility index (Phi) is 3.90. The van der Waals surface area contributed by atoms with E-state index >= 15 is 0 Å². The molecule has 3 N–H and O–H groups in total. The molecular formula is C21H32O4. The molecule has 0 aromatic rings. The maximum absolute atomic E-state index is 11.3. The third-order valence-electron chi connectivity index (χ3n) is 8.84.